The lowest BCUT2D eigenvalue weighted by molar-refractivity contribution is -0.144. The van der Waals surface area contributed by atoms with Gasteiger partial charge in [-0.3, -0.25) is 0 Å². The second kappa shape index (κ2) is 3.97. The molecule has 1 unspecified atom stereocenters. The fourth-order valence-corrected chi connectivity index (χ4v) is 1.40. The lowest BCUT2D eigenvalue weighted by Crippen LogP contribution is -2.18. The lowest BCUT2D eigenvalue weighted by Gasteiger charge is -2.05. The molecule has 0 bridgehead atoms. The Morgan fingerprint density at radius 1 is 1.56 bits per heavy atom. The van der Waals surface area contributed by atoms with Gasteiger partial charge in [0.15, 0.2) is 5.69 Å². The summed E-state index contributed by atoms with van der Waals surface area (Å²) in [5.41, 5.74) is -1.22. The molecule has 0 amide bonds. The average molecular weight is 258 g/mol. The third kappa shape index (κ3) is 2.13. The van der Waals surface area contributed by atoms with Gasteiger partial charge in [-0.2, -0.15) is 18.3 Å². The van der Waals surface area contributed by atoms with Crippen LogP contribution in [-0.4, -0.2) is 20.9 Å². The molecule has 1 aromatic rings. The SMILES string of the molecule is Cc1c(Cl)c(C(F)(F)F)nn1C(C)C(=O)[OH2+]. The molecule has 0 saturated carbocycles. The van der Waals surface area contributed by atoms with E-state index >= 15 is 0 Å². The summed E-state index contributed by atoms with van der Waals surface area (Å²) < 4.78 is 38.0. The zero-order valence-corrected chi connectivity index (χ0v) is 9.15. The van der Waals surface area contributed by atoms with E-state index in [4.69, 9.17) is 16.7 Å². The lowest BCUT2D eigenvalue weighted by atomic mass is 10.3. The molecule has 1 rings (SSSR count). The van der Waals surface area contributed by atoms with Crippen molar-refractivity contribution in [3.05, 3.63) is 16.4 Å². The fraction of sp³-hybridized carbons (Fsp3) is 0.500. The first-order valence-electron chi connectivity index (χ1n) is 4.23. The van der Waals surface area contributed by atoms with Gasteiger partial charge in [0.25, 0.3) is 0 Å². The highest BCUT2D eigenvalue weighted by atomic mass is 35.5. The summed E-state index contributed by atoms with van der Waals surface area (Å²) in [5.74, 6) is -1.03. The second-order valence-corrected chi connectivity index (χ2v) is 3.61. The number of halogens is 4. The smallest absolute Gasteiger partial charge is 0.540 e. The van der Waals surface area contributed by atoms with Crippen molar-refractivity contribution in [2.75, 3.05) is 0 Å². The number of carbonyl (C=O) groups is 1. The van der Waals surface area contributed by atoms with E-state index in [0.717, 1.165) is 4.68 Å². The number of carbonyl (C=O) groups excluding carboxylic acids is 1. The van der Waals surface area contributed by atoms with Crippen LogP contribution in [0.4, 0.5) is 13.2 Å². The van der Waals surface area contributed by atoms with Crippen molar-refractivity contribution in [1.29, 1.82) is 0 Å². The van der Waals surface area contributed by atoms with Crippen molar-refractivity contribution in [2.45, 2.75) is 26.1 Å². The first-order chi connectivity index (χ1) is 7.16. The summed E-state index contributed by atoms with van der Waals surface area (Å²) in [6, 6.07) is -1.09. The Bertz CT molecular complexity index is 428. The van der Waals surface area contributed by atoms with E-state index in [-0.39, 0.29) is 5.69 Å². The third-order valence-electron chi connectivity index (χ3n) is 2.09. The molecule has 0 aliphatic carbocycles. The van der Waals surface area contributed by atoms with E-state index < -0.39 is 28.9 Å². The number of rotatable bonds is 2. The van der Waals surface area contributed by atoms with Crippen molar-refractivity contribution in [3.63, 3.8) is 0 Å². The van der Waals surface area contributed by atoms with Crippen molar-refractivity contribution >= 4 is 17.6 Å². The molecule has 1 atom stereocenters. The van der Waals surface area contributed by atoms with Gasteiger partial charge in [0.05, 0.1) is 10.7 Å². The van der Waals surface area contributed by atoms with Gasteiger partial charge in [-0.25, -0.2) is 4.68 Å². The largest absolute Gasteiger partial charge is 0.563 e. The van der Waals surface area contributed by atoms with E-state index in [9.17, 15) is 18.0 Å². The van der Waals surface area contributed by atoms with Gasteiger partial charge in [-0.1, -0.05) is 11.6 Å². The van der Waals surface area contributed by atoms with Crippen LogP contribution < -0.4 is 0 Å². The minimum absolute atomic E-state index is 0.0158. The first-order valence-corrected chi connectivity index (χ1v) is 4.61. The van der Waals surface area contributed by atoms with E-state index in [0.29, 0.717) is 0 Å². The number of alkyl halides is 3. The first kappa shape index (κ1) is 12.8. The molecule has 4 nitrogen and oxygen atoms in total. The number of hydrogen-bond acceptors (Lipinski definition) is 2. The minimum atomic E-state index is -4.67. The Balaban J connectivity index is 3.30. The van der Waals surface area contributed by atoms with Crippen LogP contribution in [0, 0.1) is 6.92 Å². The molecule has 0 radical (unpaired) electrons. The maximum Gasteiger partial charge on any atom is 0.540 e. The van der Waals surface area contributed by atoms with Gasteiger partial charge >= 0.3 is 12.1 Å². The highest BCUT2D eigenvalue weighted by Gasteiger charge is 2.39. The summed E-state index contributed by atoms with van der Waals surface area (Å²) in [6.45, 7) is 2.59. The van der Waals surface area contributed by atoms with E-state index in [1.165, 1.54) is 13.8 Å². The van der Waals surface area contributed by atoms with E-state index in [1.807, 2.05) is 0 Å². The van der Waals surface area contributed by atoms with Crippen LogP contribution in [0.2, 0.25) is 5.02 Å². The van der Waals surface area contributed by atoms with Gasteiger partial charge < -0.3 is 5.11 Å². The number of aromatic nitrogens is 2. The molecule has 2 N–H and O–H groups in total. The Morgan fingerprint density at radius 3 is 2.38 bits per heavy atom. The van der Waals surface area contributed by atoms with Crippen LogP contribution >= 0.6 is 11.6 Å². The van der Waals surface area contributed by atoms with Gasteiger partial charge in [0.1, 0.15) is 0 Å². The number of hydrogen-bond donors (Lipinski definition) is 0. The molecule has 1 aromatic heterocycles. The Morgan fingerprint density at radius 2 is 2.06 bits per heavy atom. The molecular formula is C8H9ClF3N2O2+. The minimum Gasteiger partial charge on any atom is -0.563 e. The summed E-state index contributed by atoms with van der Waals surface area (Å²) in [5, 5.41) is 9.51. The normalized spacial score (nSPS) is 13.9. The van der Waals surface area contributed by atoms with Crippen LogP contribution in [0.3, 0.4) is 0 Å². The zero-order valence-electron chi connectivity index (χ0n) is 8.39. The van der Waals surface area contributed by atoms with E-state index in [2.05, 4.69) is 5.10 Å². The van der Waals surface area contributed by atoms with Crippen LogP contribution in [0.5, 0.6) is 0 Å². The maximum absolute atomic E-state index is 12.4. The molecule has 16 heavy (non-hydrogen) atoms. The van der Waals surface area contributed by atoms with Crippen LogP contribution in [0.1, 0.15) is 24.4 Å². The fourth-order valence-electron chi connectivity index (χ4n) is 1.17. The molecule has 0 aliphatic heterocycles. The Kier molecular flexibility index (Phi) is 3.18. The van der Waals surface area contributed by atoms with Crippen LogP contribution in [0.25, 0.3) is 0 Å². The summed E-state index contributed by atoms with van der Waals surface area (Å²) in [7, 11) is 0. The molecule has 90 valence electrons. The highest BCUT2D eigenvalue weighted by Crippen LogP contribution is 2.36. The molecule has 0 aromatic carbocycles. The molecule has 8 heteroatoms. The predicted molar refractivity (Wildman–Crippen MR) is 50.3 cm³/mol. The van der Waals surface area contributed by atoms with E-state index in [1.54, 1.807) is 0 Å². The topological polar surface area (TPSA) is 57.8 Å². The molecule has 0 fully saturated rings. The van der Waals surface area contributed by atoms with Crippen molar-refractivity contribution in [2.24, 2.45) is 0 Å². The predicted octanol–water partition coefficient (Wildman–Crippen LogP) is 1.68. The summed E-state index contributed by atoms with van der Waals surface area (Å²) in [4.78, 5) is 10.7. The van der Waals surface area contributed by atoms with Gasteiger partial charge in [0, 0.05) is 4.79 Å². The molecular weight excluding hydrogens is 249 g/mol. The molecule has 0 saturated heterocycles. The second-order valence-electron chi connectivity index (χ2n) is 3.23. The molecule has 1 heterocycles. The molecule has 0 spiro atoms. The van der Waals surface area contributed by atoms with Gasteiger partial charge in [-0.15, -0.1) is 0 Å². The number of nitrogens with zero attached hydrogens (tertiary/aromatic N) is 2. The maximum atomic E-state index is 12.4. The monoisotopic (exact) mass is 257 g/mol. The van der Waals surface area contributed by atoms with Crippen LogP contribution in [-0.2, 0) is 11.0 Å². The Hall–Kier alpha value is -1.24. The zero-order chi connectivity index (χ0) is 12.7. The Labute approximate surface area is 93.6 Å². The van der Waals surface area contributed by atoms with Gasteiger partial charge in [0.2, 0.25) is 6.04 Å². The quantitative estimate of drug-likeness (QED) is 0.757. The van der Waals surface area contributed by atoms with Crippen LogP contribution in [0.15, 0.2) is 0 Å². The third-order valence-corrected chi connectivity index (χ3v) is 2.54. The average Bonchev–Trinajstić information content (AvgIpc) is 2.42. The van der Waals surface area contributed by atoms with Gasteiger partial charge in [-0.05, 0) is 13.8 Å². The van der Waals surface area contributed by atoms with Crippen molar-refractivity contribution in [1.82, 2.24) is 9.78 Å². The molecule has 0 aliphatic rings. The van der Waals surface area contributed by atoms with Crippen molar-refractivity contribution in [3.8, 4) is 0 Å². The van der Waals surface area contributed by atoms with Crippen molar-refractivity contribution < 1.29 is 23.1 Å². The summed E-state index contributed by atoms with van der Waals surface area (Å²) in [6.07, 6.45) is -4.67. The highest BCUT2D eigenvalue weighted by molar-refractivity contribution is 6.32. The standard InChI is InChI=1S/C8H8ClF3N2O2/c1-3-5(9)6(8(10,11)12)13-14(3)4(2)7(15)16/h4H,1-2H3,(H,15,16)/p+1. The summed E-state index contributed by atoms with van der Waals surface area (Å²) >= 11 is 5.47.